The molecule has 1 atom stereocenters. The number of rotatable bonds is 4. The topological polar surface area (TPSA) is 54.2 Å². The number of likely N-dealkylation sites (tertiary alicyclic amines) is 1. The summed E-state index contributed by atoms with van der Waals surface area (Å²) in [6.45, 7) is 7.68. The van der Waals surface area contributed by atoms with Crippen molar-refractivity contribution in [2.24, 2.45) is 7.05 Å². The maximum absolute atomic E-state index is 10.2. The van der Waals surface area contributed by atoms with Gasteiger partial charge in [-0.2, -0.15) is 0 Å². The molecule has 2 rings (SSSR count). The van der Waals surface area contributed by atoms with E-state index in [9.17, 15) is 5.11 Å². The minimum Gasteiger partial charge on any atom is -0.389 e. The molecule has 102 valence electrons. The summed E-state index contributed by atoms with van der Waals surface area (Å²) in [5, 5.41) is 18.6. The molecule has 1 aromatic rings. The van der Waals surface area contributed by atoms with Gasteiger partial charge in [0.25, 0.3) is 0 Å². The molecule has 5 nitrogen and oxygen atoms in total. The summed E-state index contributed by atoms with van der Waals surface area (Å²) in [5.74, 6) is 2.01. The molecule has 0 spiro atoms. The van der Waals surface area contributed by atoms with Crippen LogP contribution in [0.4, 0.5) is 0 Å². The predicted molar refractivity (Wildman–Crippen MR) is 70.1 cm³/mol. The van der Waals surface area contributed by atoms with Gasteiger partial charge in [0.1, 0.15) is 11.6 Å². The normalized spacial score (nSPS) is 21.7. The number of aryl methyl sites for hydroxylation is 1. The van der Waals surface area contributed by atoms with Gasteiger partial charge in [0.05, 0.1) is 12.1 Å². The summed E-state index contributed by atoms with van der Waals surface area (Å²) in [7, 11) is 2.02. The Morgan fingerprint density at radius 3 is 2.56 bits per heavy atom. The maximum atomic E-state index is 10.2. The molecule has 1 N–H and O–H groups in total. The molecule has 1 aliphatic rings. The van der Waals surface area contributed by atoms with Crippen LogP contribution >= 0.6 is 0 Å². The molecule has 18 heavy (non-hydrogen) atoms. The highest BCUT2D eigenvalue weighted by molar-refractivity contribution is 4.98. The lowest BCUT2D eigenvalue weighted by Gasteiger charge is -2.33. The molecular weight excluding hydrogens is 228 g/mol. The molecular formula is C13H24N4O. The lowest BCUT2D eigenvalue weighted by atomic mass is 9.97. The molecule has 0 saturated carbocycles. The fourth-order valence-corrected chi connectivity index (χ4v) is 2.84. The average Bonchev–Trinajstić information content (AvgIpc) is 2.87. The number of hydrogen-bond donors (Lipinski definition) is 1. The summed E-state index contributed by atoms with van der Waals surface area (Å²) < 4.78 is 2.07. The van der Waals surface area contributed by atoms with Crippen LogP contribution in [0.2, 0.25) is 0 Å². The van der Waals surface area contributed by atoms with Gasteiger partial charge in [-0.1, -0.05) is 6.92 Å². The second-order valence-electron chi connectivity index (χ2n) is 5.73. The third-order valence-electron chi connectivity index (χ3n) is 3.90. The summed E-state index contributed by atoms with van der Waals surface area (Å²) in [5.41, 5.74) is -0.650. The first-order valence-electron chi connectivity index (χ1n) is 6.77. The SMILES string of the molecule is CCc1nnc(CN2CCCC2C(C)(C)O)n1C. The Balaban J connectivity index is 2.11. The van der Waals surface area contributed by atoms with Crippen molar-refractivity contribution in [3.63, 3.8) is 0 Å². The van der Waals surface area contributed by atoms with Crippen LogP contribution in [0.1, 0.15) is 45.3 Å². The van der Waals surface area contributed by atoms with Crippen LogP contribution in [-0.2, 0) is 20.0 Å². The van der Waals surface area contributed by atoms with Crippen molar-refractivity contribution in [2.75, 3.05) is 6.54 Å². The molecule has 0 amide bonds. The summed E-state index contributed by atoms with van der Waals surface area (Å²) in [4.78, 5) is 2.32. The second kappa shape index (κ2) is 4.97. The van der Waals surface area contributed by atoms with E-state index in [4.69, 9.17) is 0 Å². The summed E-state index contributed by atoms with van der Waals surface area (Å²) in [6.07, 6.45) is 3.10. The third kappa shape index (κ3) is 2.57. The molecule has 0 radical (unpaired) electrons. The van der Waals surface area contributed by atoms with Crippen molar-refractivity contribution in [3.05, 3.63) is 11.6 Å². The van der Waals surface area contributed by atoms with Crippen molar-refractivity contribution in [1.82, 2.24) is 19.7 Å². The van der Waals surface area contributed by atoms with E-state index in [1.807, 2.05) is 20.9 Å². The lowest BCUT2D eigenvalue weighted by Crippen LogP contribution is -2.45. The minimum absolute atomic E-state index is 0.222. The number of nitrogens with zero attached hydrogens (tertiary/aromatic N) is 4. The molecule has 1 unspecified atom stereocenters. The van der Waals surface area contributed by atoms with Gasteiger partial charge in [0.15, 0.2) is 0 Å². The Hall–Kier alpha value is -0.940. The number of aromatic nitrogens is 3. The van der Waals surface area contributed by atoms with E-state index in [0.29, 0.717) is 0 Å². The summed E-state index contributed by atoms with van der Waals surface area (Å²) in [6, 6.07) is 0.222. The van der Waals surface area contributed by atoms with Crippen molar-refractivity contribution in [3.8, 4) is 0 Å². The van der Waals surface area contributed by atoms with E-state index < -0.39 is 5.60 Å². The van der Waals surface area contributed by atoms with Crippen molar-refractivity contribution in [1.29, 1.82) is 0 Å². The second-order valence-corrected chi connectivity index (χ2v) is 5.73. The highest BCUT2D eigenvalue weighted by Crippen LogP contribution is 2.27. The lowest BCUT2D eigenvalue weighted by molar-refractivity contribution is -0.00601. The van der Waals surface area contributed by atoms with Crippen molar-refractivity contribution >= 4 is 0 Å². The first-order chi connectivity index (χ1) is 8.43. The largest absolute Gasteiger partial charge is 0.389 e. The van der Waals surface area contributed by atoms with E-state index >= 15 is 0 Å². The van der Waals surface area contributed by atoms with E-state index in [0.717, 1.165) is 44.0 Å². The molecule has 0 aromatic carbocycles. The molecule has 1 aliphatic heterocycles. The highest BCUT2D eigenvalue weighted by atomic mass is 16.3. The van der Waals surface area contributed by atoms with Crippen molar-refractivity contribution < 1.29 is 5.11 Å². The molecule has 0 bridgehead atoms. The fraction of sp³-hybridized carbons (Fsp3) is 0.846. The van der Waals surface area contributed by atoms with Crippen LogP contribution in [0.25, 0.3) is 0 Å². The molecule has 2 heterocycles. The van der Waals surface area contributed by atoms with Gasteiger partial charge in [-0.15, -0.1) is 10.2 Å². The Morgan fingerprint density at radius 2 is 2.00 bits per heavy atom. The van der Waals surface area contributed by atoms with Gasteiger partial charge in [-0.3, -0.25) is 4.90 Å². The van der Waals surface area contributed by atoms with E-state index in [1.54, 1.807) is 0 Å². The summed E-state index contributed by atoms with van der Waals surface area (Å²) >= 11 is 0. The molecule has 0 aliphatic carbocycles. The monoisotopic (exact) mass is 252 g/mol. The van der Waals surface area contributed by atoms with E-state index in [1.165, 1.54) is 0 Å². The first kappa shape index (κ1) is 13.5. The van der Waals surface area contributed by atoms with Gasteiger partial charge in [0, 0.05) is 19.5 Å². The Bertz CT molecular complexity index is 408. The van der Waals surface area contributed by atoms with Crippen LogP contribution in [0.3, 0.4) is 0 Å². The van der Waals surface area contributed by atoms with Gasteiger partial charge in [-0.25, -0.2) is 0 Å². The van der Waals surface area contributed by atoms with E-state index in [-0.39, 0.29) is 6.04 Å². The van der Waals surface area contributed by atoms with Crippen LogP contribution in [0.5, 0.6) is 0 Å². The zero-order chi connectivity index (χ0) is 13.3. The number of aliphatic hydroxyl groups is 1. The zero-order valence-corrected chi connectivity index (χ0v) is 11.8. The third-order valence-corrected chi connectivity index (χ3v) is 3.90. The molecule has 1 saturated heterocycles. The van der Waals surface area contributed by atoms with Crippen LogP contribution < -0.4 is 0 Å². The minimum atomic E-state index is -0.650. The van der Waals surface area contributed by atoms with Crippen LogP contribution in [-0.4, -0.2) is 43.0 Å². The van der Waals surface area contributed by atoms with Crippen LogP contribution in [0, 0.1) is 0 Å². The number of hydrogen-bond acceptors (Lipinski definition) is 4. The standard InChI is InChI=1S/C13H24N4O/c1-5-11-14-15-12(16(11)4)9-17-8-6-7-10(17)13(2,3)18/h10,18H,5-9H2,1-4H3. The Kier molecular flexibility index (Phi) is 3.73. The molecule has 1 fully saturated rings. The van der Waals surface area contributed by atoms with Crippen molar-refractivity contribution in [2.45, 2.75) is 58.2 Å². The van der Waals surface area contributed by atoms with E-state index in [2.05, 4.69) is 26.6 Å². The van der Waals surface area contributed by atoms with Crippen LogP contribution in [0.15, 0.2) is 0 Å². The first-order valence-corrected chi connectivity index (χ1v) is 6.77. The van der Waals surface area contributed by atoms with Gasteiger partial charge in [0.2, 0.25) is 0 Å². The molecule has 5 heteroatoms. The van der Waals surface area contributed by atoms with Gasteiger partial charge < -0.3 is 9.67 Å². The average molecular weight is 252 g/mol. The van der Waals surface area contributed by atoms with Gasteiger partial charge in [-0.05, 0) is 33.2 Å². The smallest absolute Gasteiger partial charge is 0.146 e. The fourth-order valence-electron chi connectivity index (χ4n) is 2.84. The van der Waals surface area contributed by atoms with Gasteiger partial charge >= 0.3 is 0 Å². The zero-order valence-electron chi connectivity index (χ0n) is 11.8. The molecule has 1 aromatic heterocycles. The highest BCUT2D eigenvalue weighted by Gasteiger charge is 2.36. The predicted octanol–water partition coefficient (Wildman–Crippen LogP) is 1.11. The maximum Gasteiger partial charge on any atom is 0.146 e. The quantitative estimate of drug-likeness (QED) is 0.872. The Labute approximate surface area is 109 Å². The Morgan fingerprint density at radius 1 is 1.33 bits per heavy atom.